The number of aliphatic hydroxyl groups excluding tert-OH is 1. The molecule has 1 aromatic rings. The molecular formula is C7H8BBrO4. The number of rotatable bonds is 2. The maximum atomic E-state index is 9.26. The summed E-state index contributed by atoms with van der Waals surface area (Å²) in [4.78, 5) is 0. The molecule has 0 unspecified atom stereocenters. The highest BCUT2D eigenvalue weighted by molar-refractivity contribution is 9.10. The van der Waals surface area contributed by atoms with E-state index in [1.807, 2.05) is 0 Å². The van der Waals surface area contributed by atoms with Crippen LogP contribution in [0.5, 0.6) is 5.75 Å². The summed E-state index contributed by atoms with van der Waals surface area (Å²) in [6.45, 7) is 0. The van der Waals surface area contributed by atoms with Gasteiger partial charge in [-0.2, -0.15) is 0 Å². The molecule has 0 heterocycles. The zero-order valence-corrected chi connectivity index (χ0v) is 8.14. The van der Waals surface area contributed by atoms with Crippen molar-refractivity contribution in [2.45, 2.75) is 6.00 Å². The van der Waals surface area contributed by atoms with E-state index in [4.69, 9.17) is 15.2 Å². The first-order valence-corrected chi connectivity index (χ1v) is 4.34. The Labute approximate surface area is 83.7 Å². The largest absolute Gasteiger partial charge is 0.508 e. The van der Waals surface area contributed by atoms with Crippen molar-refractivity contribution in [2.75, 3.05) is 0 Å². The summed E-state index contributed by atoms with van der Waals surface area (Å²) in [5, 5.41) is 35.7. The fourth-order valence-electron chi connectivity index (χ4n) is 0.918. The Bertz CT molecular complexity index is 305. The Morgan fingerprint density at radius 1 is 1.31 bits per heavy atom. The average Bonchev–Trinajstić information content (AvgIpc) is 2.08. The molecule has 0 aromatic heterocycles. The first-order valence-electron chi connectivity index (χ1n) is 3.55. The molecule has 6 heteroatoms. The molecule has 0 radical (unpaired) electrons. The molecule has 0 fully saturated rings. The molecule has 13 heavy (non-hydrogen) atoms. The van der Waals surface area contributed by atoms with Crippen molar-refractivity contribution >= 4 is 23.0 Å². The number of phenols is 1. The number of aliphatic hydroxyl groups is 1. The van der Waals surface area contributed by atoms with E-state index < -0.39 is 13.1 Å². The van der Waals surface area contributed by atoms with E-state index in [9.17, 15) is 5.11 Å². The topological polar surface area (TPSA) is 80.9 Å². The Kier molecular flexibility index (Phi) is 3.32. The molecule has 0 spiro atoms. The van der Waals surface area contributed by atoms with Gasteiger partial charge in [0, 0.05) is 4.47 Å². The predicted molar refractivity (Wildman–Crippen MR) is 51.0 cm³/mol. The van der Waals surface area contributed by atoms with E-state index in [1.165, 1.54) is 18.2 Å². The summed E-state index contributed by atoms with van der Waals surface area (Å²) < 4.78 is 0.505. The van der Waals surface area contributed by atoms with Crippen molar-refractivity contribution in [3.63, 3.8) is 0 Å². The highest BCUT2D eigenvalue weighted by Crippen LogP contribution is 2.27. The second-order valence-corrected chi connectivity index (χ2v) is 3.42. The highest BCUT2D eigenvalue weighted by atomic mass is 79.9. The fraction of sp³-hybridized carbons (Fsp3) is 0.143. The van der Waals surface area contributed by atoms with Crippen molar-refractivity contribution in [1.82, 2.24) is 0 Å². The van der Waals surface area contributed by atoms with E-state index >= 15 is 0 Å². The van der Waals surface area contributed by atoms with Gasteiger partial charge in [-0.05, 0) is 23.8 Å². The minimum Gasteiger partial charge on any atom is -0.508 e. The molecule has 1 aromatic carbocycles. The van der Waals surface area contributed by atoms with E-state index in [0.717, 1.165) is 0 Å². The van der Waals surface area contributed by atoms with Gasteiger partial charge in [-0.3, -0.25) is 0 Å². The maximum absolute atomic E-state index is 9.26. The second kappa shape index (κ2) is 4.10. The van der Waals surface area contributed by atoms with Crippen LogP contribution >= 0.6 is 15.9 Å². The minimum absolute atomic E-state index is 0.0436. The van der Waals surface area contributed by atoms with Gasteiger partial charge in [0.1, 0.15) is 11.8 Å². The van der Waals surface area contributed by atoms with Crippen LogP contribution in [0.3, 0.4) is 0 Å². The Morgan fingerprint density at radius 3 is 2.46 bits per heavy atom. The first-order chi connectivity index (χ1) is 6.02. The van der Waals surface area contributed by atoms with Crippen molar-refractivity contribution in [3.8, 4) is 5.75 Å². The van der Waals surface area contributed by atoms with E-state index in [-0.39, 0.29) is 11.3 Å². The Morgan fingerprint density at radius 2 is 1.92 bits per heavy atom. The van der Waals surface area contributed by atoms with Gasteiger partial charge in [-0.25, -0.2) is 0 Å². The van der Waals surface area contributed by atoms with Crippen LogP contribution in [-0.4, -0.2) is 27.4 Å². The summed E-state index contributed by atoms with van der Waals surface area (Å²) >= 11 is 3.11. The van der Waals surface area contributed by atoms with Crippen LogP contribution in [0.15, 0.2) is 22.7 Å². The van der Waals surface area contributed by atoms with Crippen LogP contribution in [0.25, 0.3) is 0 Å². The zero-order chi connectivity index (χ0) is 10.0. The molecule has 0 saturated heterocycles. The molecule has 0 saturated carbocycles. The molecule has 4 nitrogen and oxygen atoms in total. The first kappa shape index (κ1) is 10.5. The van der Waals surface area contributed by atoms with Gasteiger partial charge in [0.15, 0.2) is 0 Å². The second-order valence-electron chi connectivity index (χ2n) is 2.56. The molecule has 0 bridgehead atoms. The Balaban J connectivity index is 3.05. The van der Waals surface area contributed by atoms with Crippen LogP contribution in [0, 0.1) is 0 Å². The van der Waals surface area contributed by atoms with Crippen LogP contribution in [-0.2, 0) is 0 Å². The van der Waals surface area contributed by atoms with Gasteiger partial charge in [0.05, 0.1) is 0 Å². The zero-order valence-electron chi connectivity index (χ0n) is 6.55. The number of benzene rings is 1. The minimum atomic E-state index is -1.86. The van der Waals surface area contributed by atoms with E-state index in [2.05, 4.69) is 15.9 Å². The third-order valence-corrected chi connectivity index (χ3v) is 2.30. The number of aromatic hydroxyl groups is 1. The summed E-state index contributed by atoms with van der Waals surface area (Å²) in [7, 11) is -1.86. The summed E-state index contributed by atoms with van der Waals surface area (Å²) in [5.74, 6) is -0.0436. The van der Waals surface area contributed by atoms with E-state index in [1.54, 1.807) is 0 Å². The van der Waals surface area contributed by atoms with Crippen LogP contribution in [0.4, 0.5) is 0 Å². The molecular weight excluding hydrogens is 239 g/mol. The maximum Gasteiger partial charge on any atom is 0.487 e. The smallest absolute Gasteiger partial charge is 0.487 e. The van der Waals surface area contributed by atoms with Gasteiger partial charge in [-0.1, -0.05) is 15.9 Å². The normalized spacial score (nSPS) is 12.6. The van der Waals surface area contributed by atoms with Gasteiger partial charge >= 0.3 is 7.12 Å². The van der Waals surface area contributed by atoms with Crippen LogP contribution in [0.1, 0.15) is 11.6 Å². The third-order valence-electron chi connectivity index (χ3n) is 1.58. The van der Waals surface area contributed by atoms with Crippen molar-refractivity contribution in [1.29, 1.82) is 0 Å². The average molecular weight is 247 g/mol. The number of hydrogen-bond donors (Lipinski definition) is 4. The summed E-state index contributed by atoms with van der Waals surface area (Å²) in [6.07, 6.45) is 0. The highest BCUT2D eigenvalue weighted by Gasteiger charge is 2.24. The number of hydrogen-bond acceptors (Lipinski definition) is 4. The molecule has 0 aliphatic carbocycles. The molecule has 70 valence electrons. The van der Waals surface area contributed by atoms with Gasteiger partial charge in [0.2, 0.25) is 0 Å². The van der Waals surface area contributed by atoms with Gasteiger partial charge in [-0.15, -0.1) is 0 Å². The third kappa shape index (κ3) is 2.44. The molecule has 4 N–H and O–H groups in total. The predicted octanol–water partition coefficient (Wildman–Crippen LogP) is 0.200. The van der Waals surface area contributed by atoms with Gasteiger partial charge < -0.3 is 20.3 Å². The number of halogens is 1. The lowest BCUT2D eigenvalue weighted by atomic mass is 9.78. The molecule has 1 atom stereocenters. The monoisotopic (exact) mass is 246 g/mol. The molecule has 0 aliphatic rings. The lowest BCUT2D eigenvalue weighted by molar-refractivity contribution is 0.200. The molecule has 1 rings (SSSR count). The quantitative estimate of drug-likeness (QED) is 0.562. The fourth-order valence-corrected chi connectivity index (χ4v) is 1.40. The SMILES string of the molecule is OB(O)[C@@H](O)c1cc(O)ccc1Br. The summed E-state index contributed by atoms with van der Waals surface area (Å²) in [6, 6.07) is 2.76. The van der Waals surface area contributed by atoms with Gasteiger partial charge in [0.25, 0.3) is 0 Å². The van der Waals surface area contributed by atoms with Crippen LogP contribution in [0.2, 0.25) is 0 Å². The lowest BCUT2D eigenvalue weighted by Crippen LogP contribution is -2.23. The standard InChI is InChI=1S/C7H8BBrO4/c9-6-2-1-4(10)3-5(6)7(11)8(12)13/h1-3,7,10-13H/t7-/m0/s1. The Hall–Kier alpha value is -0.555. The van der Waals surface area contributed by atoms with E-state index in [0.29, 0.717) is 4.47 Å². The van der Waals surface area contributed by atoms with Crippen molar-refractivity contribution < 1.29 is 20.3 Å². The lowest BCUT2D eigenvalue weighted by Gasteiger charge is -2.11. The molecule has 0 aliphatic heterocycles. The van der Waals surface area contributed by atoms with Crippen molar-refractivity contribution in [3.05, 3.63) is 28.2 Å². The summed E-state index contributed by atoms with van der Waals surface area (Å²) in [5.41, 5.74) is 0.231. The molecule has 0 amide bonds. The van der Waals surface area contributed by atoms with Crippen LogP contribution < -0.4 is 0 Å². The number of phenolic OH excluding ortho intramolecular Hbond substituents is 1. The van der Waals surface area contributed by atoms with Crippen molar-refractivity contribution in [2.24, 2.45) is 0 Å².